The van der Waals surface area contributed by atoms with Gasteiger partial charge in [-0.1, -0.05) is 0 Å². The fraction of sp³-hybridized carbons (Fsp3) is 0.0625. The molecule has 1 amide bonds. The molecule has 0 radical (unpaired) electrons. The van der Waals surface area contributed by atoms with E-state index < -0.39 is 5.91 Å². The zero-order valence-corrected chi connectivity index (χ0v) is 12.6. The molecule has 116 valence electrons. The molecule has 4 aromatic rings. The van der Waals surface area contributed by atoms with Crippen molar-refractivity contribution in [1.29, 1.82) is 5.26 Å². The molecule has 0 aliphatic carbocycles. The van der Waals surface area contributed by atoms with Gasteiger partial charge in [0.1, 0.15) is 16.9 Å². The second-order valence-electron chi connectivity index (χ2n) is 5.34. The highest BCUT2D eigenvalue weighted by atomic mass is 16.1. The van der Waals surface area contributed by atoms with Gasteiger partial charge in [0.25, 0.3) is 5.91 Å². The van der Waals surface area contributed by atoms with Gasteiger partial charge >= 0.3 is 0 Å². The second kappa shape index (κ2) is 4.89. The fourth-order valence-corrected chi connectivity index (χ4v) is 2.71. The Hall–Kier alpha value is -3.73. The quantitative estimate of drug-likeness (QED) is 0.579. The minimum absolute atomic E-state index is 0.284. The number of aromatic nitrogens is 5. The summed E-state index contributed by atoms with van der Waals surface area (Å²) >= 11 is 0. The van der Waals surface area contributed by atoms with Crippen molar-refractivity contribution in [3.8, 4) is 17.5 Å². The Balaban J connectivity index is 1.97. The Morgan fingerprint density at radius 2 is 2.25 bits per heavy atom. The molecule has 8 nitrogen and oxygen atoms in total. The van der Waals surface area contributed by atoms with Crippen LogP contribution in [0.25, 0.3) is 33.5 Å². The number of H-pyrrole nitrogens is 1. The van der Waals surface area contributed by atoms with Gasteiger partial charge in [-0.3, -0.25) is 9.48 Å². The molecule has 3 N–H and O–H groups in total. The van der Waals surface area contributed by atoms with E-state index in [-0.39, 0.29) is 5.56 Å². The normalized spacial score (nSPS) is 11.0. The van der Waals surface area contributed by atoms with E-state index in [0.29, 0.717) is 28.1 Å². The van der Waals surface area contributed by atoms with Crippen LogP contribution in [0.3, 0.4) is 0 Å². The lowest BCUT2D eigenvalue weighted by molar-refractivity contribution is 0.100. The van der Waals surface area contributed by atoms with Gasteiger partial charge in [-0.05, 0) is 18.2 Å². The molecule has 0 bridgehead atoms. The van der Waals surface area contributed by atoms with Gasteiger partial charge in [0, 0.05) is 18.6 Å². The number of hydrogen-bond acceptors (Lipinski definition) is 5. The van der Waals surface area contributed by atoms with Gasteiger partial charge in [-0.2, -0.15) is 10.4 Å². The van der Waals surface area contributed by atoms with E-state index in [1.54, 1.807) is 30.1 Å². The third-order valence-electron chi connectivity index (χ3n) is 3.87. The third kappa shape index (κ3) is 1.92. The molecule has 4 rings (SSSR count). The Kier molecular flexibility index (Phi) is 2.83. The van der Waals surface area contributed by atoms with Crippen molar-refractivity contribution >= 4 is 28.0 Å². The topological polar surface area (TPSA) is 126 Å². The number of primary amides is 1. The molecule has 0 saturated heterocycles. The summed E-state index contributed by atoms with van der Waals surface area (Å²) in [6.45, 7) is 0. The molecule has 0 atom stereocenters. The monoisotopic (exact) mass is 317 g/mol. The van der Waals surface area contributed by atoms with E-state index in [2.05, 4.69) is 26.1 Å². The Bertz CT molecular complexity index is 1160. The molecule has 3 heterocycles. The Morgan fingerprint density at radius 1 is 1.42 bits per heavy atom. The number of nitrogens with zero attached hydrogens (tertiary/aromatic N) is 5. The summed E-state index contributed by atoms with van der Waals surface area (Å²) in [5.41, 5.74) is 9.07. The van der Waals surface area contributed by atoms with Crippen molar-refractivity contribution in [3.63, 3.8) is 0 Å². The second-order valence-corrected chi connectivity index (χ2v) is 5.34. The minimum atomic E-state index is -0.572. The zero-order valence-electron chi connectivity index (χ0n) is 12.6. The van der Waals surface area contributed by atoms with Gasteiger partial charge in [0.15, 0.2) is 5.65 Å². The maximum absolute atomic E-state index is 11.5. The average molecular weight is 317 g/mol. The van der Waals surface area contributed by atoms with E-state index in [9.17, 15) is 4.79 Å². The van der Waals surface area contributed by atoms with Crippen molar-refractivity contribution in [2.45, 2.75) is 0 Å². The van der Waals surface area contributed by atoms with Crippen molar-refractivity contribution in [3.05, 3.63) is 41.7 Å². The smallest absolute Gasteiger partial charge is 0.252 e. The van der Waals surface area contributed by atoms with Crippen molar-refractivity contribution in [2.24, 2.45) is 12.8 Å². The Morgan fingerprint density at radius 3 is 3.00 bits per heavy atom. The van der Waals surface area contributed by atoms with Gasteiger partial charge < -0.3 is 10.7 Å². The lowest BCUT2D eigenvalue weighted by Crippen LogP contribution is -2.10. The molecule has 0 saturated carbocycles. The first-order valence-corrected chi connectivity index (χ1v) is 7.09. The van der Waals surface area contributed by atoms with Crippen LogP contribution in [0.1, 0.15) is 15.9 Å². The molecule has 3 aromatic heterocycles. The molecule has 0 spiro atoms. The predicted molar refractivity (Wildman–Crippen MR) is 86.8 cm³/mol. The highest BCUT2D eigenvalue weighted by molar-refractivity contribution is 6.04. The van der Waals surface area contributed by atoms with Crippen LogP contribution in [0.2, 0.25) is 0 Å². The summed E-state index contributed by atoms with van der Waals surface area (Å²) in [6.07, 6.45) is 3.08. The standard InChI is InChI=1S/C16H11N7O/c1-23-12-4-8(5-17)2-3-9(12)13(22-23)11-7-20-16-14(21-11)10(6-19-16)15(18)24/h2-4,6-7H,1H3,(H2,18,24)(H,19,20). The number of rotatable bonds is 2. The fourth-order valence-electron chi connectivity index (χ4n) is 2.71. The molecule has 0 aliphatic rings. The van der Waals surface area contributed by atoms with Crippen LogP contribution < -0.4 is 5.73 Å². The average Bonchev–Trinajstić information content (AvgIpc) is 3.15. The molecule has 24 heavy (non-hydrogen) atoms. The number of fused-ring (bicyclic) bond motifs is 2. The summed E-state index contributed by atoms with van der Waals surface area (Å²) in [7, 11) is 1.80. The number of nitrogens with two attached hydrogens (primary N) is 1. The van der Waals surface area contributed by atoms with Crippen molar-refractivity contribution < 1.29 is 4.79 Å². The van der Waals surface area contributed by atoms with E-state index in [1.807, 2.05) is 6.07 Å². The number of nitrogens with one attached hydrogen (secondary N) is 1. The SMILES string of the molecule is Cn1nc(-c2cnc3[nH]cc(C(N)=O)c3n2)c2ccc(C#N)cc21. The number of aromatic amines is 1. The van der Waals surface area contributed by atoms with E-state index in [1.165, 1.54) is 6.20 Å². The highest BCUT2D eigenvalue weighted by Gasteiger charge is 2.16. The van der Waals surface area contributed by atoms with Gasteiger partial charge in [0.2, 0.25) is 0 Å². The van der Waals surface area contributed by atoms with Crippen LogP contribution in [0.4, 0.5) is 0 Å². The first-order valence-electron chi connectivity index (χ1n) is 7.09. The molecule has 1 aromatic carbocycles. The largest absolute Gasteiger partial charge is 0.365 e. The number of carbonyl (C=O) groups excluding carboxylic acids is 1. The first-order chi connectivity index (χ1) is 11.6. The van der Waals surface area contributed by atoms with Crippen LogP contribution in [0, 0.1) is 11.3 Å². The lowest BCUT2D eigenvalue weighted by atomic mass is 10.1. The van der Waals surface area contributed by atoms with E-state index >= 15 is 0 Å². The van der Waals surface area contributed by atoms with Crippen LogP contribution in [-0.2, 0) is 7.05 Å². The summed E-state index contributed by atoms with van der Waals surface area (Å²) < 4.78 is 1.68. The molecular formula is C16H11N7O. The summed E-state index contributed by atoms with van der Waals surface area (Å²) in [5.74, 6) is -0.572. The minimum Gasteiger partial charge on any atom is -0.365 e. The van der Waals surface area contributed by atoms with Crippen LogP contribution >= 0.6 is 0 Å². The number of carbonyl (C=O) groups is 1. The highest BCUT2D eigenvalue weighted by Crippen LogP contribution is 2.28. The van der Waals surface area contributed by atoms with Gasteiger partial charge in [0.05, 0.1) is 28.9 Å². The molecular weight excluding hydrogens is 306 g/mol. The van der Waals surface area contributed by atoms with Crippen LogP contribution in [0.5, 0.6) is 0 Å². The van der Waals surface area contributed by atoms with Gasteiger partial charge in [-0.15, -0.1) is 0 Å². The number of aryl methyl sites for hydroxylation is 1. The maximum Gasteiger partial charge on any atom is 0.252 e. The van der Waals surface area contributed by atoms with Crippen molar-refractivity contribution in [1.82, 2.24) is 24.7 Å². The summed E-state index contributed by atoms with van der Waals surface area (Å²) in [6, 6.07) is 7.43. The number of nitriles is 1. The molecule has 0 fully saturated rings. The zero-order chi connectivity index (χ0) is 16.8. The number of hydrogen-bond donors (Lipinski definition) is 2. The van der Waals surface area contributed by atoms with E-state index in [4.69, 9.17) is 11.0 Å². The van der Waals surface area contributed by atoms with Gasteiger partial charge in [-0.25, -0.2) is 9.97 Å². The lowest BCUT2D eigenvalue weighted by Gasteiger charge is -1.98. The van der Waals surface area contributed by atoms with E-state index in [0.717, 1.165) is 10.9 Å². The van der Waals surface area contributed by atoms with Crippen molar-refractivity contribution in [2.75, 3.05) is 0 Å². The van der Waals surface area contributed by atoms with Crippen LogP contribution in [-0.4, -0.2) is 30.6 Å². The number of benzene rings is 1. The first kappa shape index (κ1) is 13.9. The van der Waals surface area contributed by atoms with Crippen LogP contribution in [0.15, 0.2) is 30.6 Å². The maximum atomic E-state index is 11.5. The molecule has 0 unspecified atom stereocenters. The number of amides is 1. The Labute approximate surface area is 135 Å². The third-order valence-corrected chi connectivity index (χ3v) is 3.87. The molecule has 0 aliphatic heterocycles. The summed E-state index contributed by atoms with van der Waals surface area (Å²) in [5, 5.41) is 14.4. The molecule has 8 heteroatoms. The summed E-state index contributed by atoms with van der Waals surface area (Å²) in [4.78, 5) is 23.1. The predicted octanol–water partition coefficient (Wildman–Crippen LogP) is 1.48.